The first kappa shape index (κ1) is 21.9. The average Bonchev–Trinajstić information content (AvgIpc) is 3.65. The Morgan fingerprint density at radius 2 is 1.97 bits per heavy atom. The number of nitrogens with two attached hydrogens (primary N) is 2. The number of nitrogen functional groups attached to an aromatic ring is 2. The van der Waals surface area contributed by atoms with Crippen LogP contribution in [-0.2, 0) is 0 Å². The molecule has 12 heteroatoms. The summed E-state index contributed by atoms with van der Waals surface area (Å²) in [5, 5.41) is 13.7. The standard InChI is InChI=1S/C22H17Cl2N9O/c23-13-5-6-14(24)17-15(13)21(34)33(11-2-1-7-28-9-11)20(30-17)16(10-3-4-10)29-19-12(8-25)18(26)31-22(27)32-19/h1-2,5-7,9-10,16H,3-4H2,(H5,26,27,29,31,32)/p+1. The number of hydrogen-bond donors (Lipinski definition) is 3. The smallest absolute Gasteiger partial charge is 0.344 e. The third-order valence-corrected chi connectivity index (χ3v) is 6.26. The van der Waals surface area contributed by atoms with Crippen LogP contribution in [0.3, 0.4) is 0 Å². The van der Waals surface area contributed by atoms with Crippen molar-refractivity contribution in [3.05, 3.63) is 68.4 Å². The van der Waals surface area contributed by atoms with Crippen LogP contribution in [0.25, 0.3) is 16.6 Å². The van der Waals surface area contributed by atoms with Crippen molar-refractivity contribution in [1.29, 1.82) is 5.26 Å². The molecular formula is C22H18Cl2N9O+. The van der Waals surface area contributed by atoms with Crippen LogP contribution in [0.4, 0.5) is 17.6 Å². The van der Waals surface area contributed by atoms with Gasteiger partial charge in [-0.2, -0.15) is 5.26 Å². The van der Waals surface area contributed by atoms with E-state index < -0.39 is 6.04 Å². The van der Waals surface area contributed by atoms with Crippen LogP contribution in [0.1, 0.15) is 30.3 Å². The Morgan fingerprint density at radius 1 is 1.21 bits per heavy atom. The topological polar surface area (TPSA) is 163 Å². The van der Waals surface area contributed by atoms with E-state index in [1.165, 1.54) is 4.57 Å². The molecule has 1 atom stereocenters. The minimum atomic E-state index is -0.489. The maximum absolute atomic E-state index is 13.8. The van der Waals surface area contributed by atoms with E-state index in [9.17, 15) is 10.1 Å². The molecule has 1 saturated carbocycles. The van der Waals surface area contributed by atoms with E-state index in [-0.39, 0.29) is 45.0 Å². The molecule has 0 saturated heterocycles. The van der Waals surface area contributed by atoms with Crippen molar-refractivity contribution in [1.82, 2.24) is 19.5 Å². The molecule has 3 aromatic heterocycles. The van der Waals surface area contributed by atoms with Gasteiger partial charge in [-0.25, -0.2) is 9.97 Å². The van der Waals surface area contributed by atoms with Crippen molar-refractivity contribution in [2.24, 2.45) is 5.92 Å². The van der Waals surface area contributed by atoms with Crippen LogP contribution in [0.5, 0.6) is 0 Å². The zero-order valence-electron chi connectivity index (χ0n) is 17.6. The first-order valence-corrected chi connectivity index (χ1v) is 11.1. The number of hydrogen-bond acceptors (Lipinski definition) is 8. The molecule has 1 aromatic carbocycles. The molecule has 1 fully saturated rings. The number of H-pyrrole nitrogens is 1. The number of fused-ring (bicyclic) bond motifs is 1. The summed E-state index contributed by atoms with van der Waals surface area (Å²) in [7, 11) is 0. The van der Waals surface area contributed by atoms with E-state index in [1.807, 2.05) is 6.07 Å². The molecule has 0 amide bonds. The van der Waals surface area contributed by atoms with E-state index in [0.29, 0.717) is 22.1 Å². The van der Waals surface area contributed by atoms with Crippen LogP contribution in [-0.4, -0.2) is 19.5 Å². The Kier molecular flexibility index (Phi) is 5.43. The molecule has 0 spiro atoms. The monoisotopic (exact) mass is 494 g/mol. The number of anilines is 3. The van der Waals surface area contributed by atoms with Crippen LogP contribution in [0.2, 0.25) is 10.0 Å². The minimum Gasteiger partial charge on any atom is -0.372 e. The predicted molar refractivity (Wildman–Crippen MR) is 129 cm³/mol. The number of halogens is 2. The number of nitrogens with one attached hydrogen (secondary N) is 2. The lowest BCUT2D eigenvalue weighted by molar-refractivity contribution is -0.347. The summed E-state index contributed by atoms with van der Waals surface area (Å²) in [6.07, 6.45) is 4.95. The van der Waals surface area contributed by atoms with Crippen LogP contribution in [0, 0.1) is 17.2 Å². The van der Waals surface area contributed by atoms with E-state index in [0.717, 1.165) is 12.8 Å². The normalized spacial score (nSPS) is 14.0. The molecule has 10 nitrogen and oxygen atoms in total. The lowest BCUT2D eigenvalue weighted by Gasteiger charge is -2.22. The van der Waals surface area contributed by atoms with Gasteiger partial charge in [0.1, 0.15) is 12.1 Å². The van der Waals surface area contributed by atoms with Gasteiger partial charge in [0.25, 0.3) is 5.56 Å². The number of rotatable bonds is 5. The number of nitriles is 1. The van der Waals surface area contributed by atoms with Gasteiger partial charge in [-0.05, 0) is 43.0 Å². The Hall–Kier alpha value is -3.94. The largest absolute Gasteiger partial charge is 0.372 e. The first-order valence-electron chi connectivity index (χ1n) is 10.3. The van der Waals surface area contributed by atoms with Gasteiger partial charge in [-0.3, -0.25) is 14.3 Å². The van der Waals surface area contributed by atoms with Crippen molar-refractivity contribution in [2.45, 2.75) is 18.9 Å². The second-order valence-electron chi connectivity index (χ2n) is 7.90. The molecule has 170 valence electrons. The molecule has 1 unspecified atom stereocenters. The highest BCUT2D eigenvalue weighted by molar-refractivity contribution is 6.39. The summed E-state index contributed by atoms with van der Waals surface area (Å²) in [4.78, 5) is 29.5. The van der Waals surface area contributed by atoms with Gasteiger partial charge in [0.2, 0.25) is 11.6 Å². The highest BCUT2D eigenvalue weighted by atomic mass is 35.5. The third-order valence-electron chi connectivity index (χ3n) is 5.64. The molecule has 1 aliphatic rings. The molecule has 0 aliphatic heterocycles. The molecule has 5 rings (SSSR count). The summed E-state index contributed by atoms with van der Waals surface area (Å²) in [5.74, 6) is 0.833. The van der Waals surface area contributed by atoms with Crippen molar-refractivity contribution in [3.63, 3.8) is 0 Å². The molecule has 0 bridgehead atoms. The van der Waals surface area contributed by atoms with Gasteiger partial charge in [0.15, 0.2) is 11.4 Å². The summed E-state index contributed by atoms with van der Waals surface area (Å²) < 4.78 is 1.47. The maximum Gasteiger partial charge on any atom is 0.344 e. The summed E-state index contributed by atoms with van der Waals surface area (Å²) in [6.45, 7) is 0. The average molecular weight is 495 g/mol. The summed E-state index contributed by atoms with van der Waals surface area (Å²) in [5.41, 5.74) is 12.3. The summed E-state index contributed by atoms with van der Waals surface area (Å²) in [6, 6.07) is 8.19. The van der Waals surface area contributed by atoms with Crippen LogP contribution < -0.4 is 27.3 Å². The van der Waals surface area contributed by atoms with E-state index in [4.69, 9.17) is 39.7 Å². The number of nitrogens with zero attached hydrogens (tertiary/aromatic N) is 5. The van der Waals surface area contributed by atoms with Gasteiger partial charge in [-0.15, -0.1) is 0 Å². The predicted octanol–water partition coefficient (Wildman–Crippen LogP) is 2.90. The fraction of sp³-hybridized carbons (Fsp3) is 0.182. The maximum atomic E-state index is 13.8. The Morgan fingerprint density at radius 3 is 2.65 bits per heavy atom. The van der Waals surface area contributed by atoms with Crippen molar-refractivity contribution in [3.8, 4) is 11.8 Å². The van der Waals surface area contributed by atoms with E-state index in [1.54, 1.807) is 36.7 Å². The second-order valence-corrected chi connectivity index (χ2v) is 8.72. The fourth-order valence-corrected chi connectivity index (χ4v) is 4.34. The van der Waals surface area contributed by atoms with Crippen molar-refractivity contribution >= 4 is 51.7 Å². The SMILES string of the molecule is N#Cc1c(N)nc(N)[nH+]c1NC(c1nc2c(Cl)ccc(Cl)c2c(=O)n1-c1cccnc1)C1CC1. The number of benzene rings is 1. The molecule has 1 aliphatic carbocycles. The fourth-order valence-electron chi connectivity index (χ4n) is 3.91. The van der Waals surface area contributed by atoms with Gasteiger partial charge in [0, 0.05) is 6.20 Å². The van der Waals surface area contributed by atoms with E-state index >= 15 is 0 Å². The third kappa shape index (κ3) is 3.75. The first-order chi connectivity index (χ1) is 16.4. The van der Waals surface area contributed by atoms with Crippen LogP contribution in [0.15, 0.2) is 41.5 Å². The molecule has 4 aromatic rings. The van der Waals surface area contributed by atoms with Gasteiger partial charge >= 0.3 is 5.95 Å². The zero-order valence-corrected chi connectivity index (χ0v) is 19.1. The van der Waals surface area contributed by atoms with Gasteiger partial charge in [-0.1, -0.05) is 28.2 Å². The Bertz CT molecular complexity index is 1530. The number of pyridine rings is 1. The Balaban J connectivity index is 1.79. The van der Waals surface area contributed by atoms with Crippen molar-refractivity contribution in [2.75, 3.05) is 16.8 Å². The molecule has 6 N–H and O–H groups in total. The van der Waals surface area contributed by atoms with Gasteiger partial charge < -0.3 is 16.8 Å². The quantitative estimate of drug-likeness (QED) is 0.381. The molecule has 34 heavy (non-hydrogen) atoms. The molecule has 0 radical (unpaired) electrons. The minimum absolute atomic E-state index is 0.0123. The van der Waals surface area contributed by atoms with Crippen LogP contribution >= 0.6 is 23.2 Å². The van der Waals surface area contributed by atoms with Gasteiger partial charge in [0.05, 0.1) is 32.8 Å². The zero-order chi connectivity index (χ0) is 24.0. The van der Waals surface area contributed by atoms with Crippen molar-refractivity contribution < 1.29 is 4.98 Å². The summed E-state index contributed by atoms with van der Waals surface area (Å²) >= 11 is 12.8. The number of aromatic nitrogens is 5. The Labute approximate surface area is 203 Å². The van der Waals surface area contributed by atoms with E-state index in [2.05, 4.69) is 20.3 Å². The second kappa shape index (κ2) is 8.44. The number of aromatic amines is 1. The highest BCUT2D eigenvalue weighted by Crippen LogP contribution is 2.43. The highest BCUT2D eigenvalue weighted by Gasteiger charge is 2.39. The lowest BCUT2D eigenvalue weighted by atomic mass is 10.1. The molecular weight excluding hydrogens is 477 g/mol. The molecule has 3 heterocycles. The lowest BCUT2D eigenvalue weighted by Crippen LogP contribution is -2.31.